The molecule has 0 atom stereocenters. The number of rotatable bonds is 11. The summed E-state index contributed by atoms with van der Waals surface area (Å²) in [5, 5.41) is 15.1. The third-order valence-corrected chi connectivity index (χ3v) is 5.01. The van der Waals surface area contributed by atoms with Crippen LogP contribution in [0.4, 0.5) is 19.0 Å². The Morgan fingerprint density at radius 3 is 2.57 bits per heavy atom. The summed E-state index contributed by atoms with van der Waals surface area (Å²) in [7, 11) is 1.60. The number of anilines is 1. The van der Waals surface area contributed by atoms with Crippen molar-refractivity contribution in [3.63, 3.8) is 0 Å². The molecule has 3 rings (SSSR count). The first-order valence-electron chi connectivity index (χ1n) is 10.6. The van der Waals surface area contributed by atoms with E-state index in [1.807, 2.05) is 0 Å². The number of alkyl halides is 3. The Labute approximate surface area is 204 Å². The largest absolute Gasteiger partial charge is 0.573 e. The molecule has 0 saturated heterocycles. The van der Waals surface area contributed by atoms with Gasteiger partial charge in [0.1, 0.15) is 12.4 Å². The average molecular weight is 513 g/mol. The Hall–Kier alpha value is -3.44. The van der Waals surface area contributed by atoms with Crippen molar-refractivity contribution in [1.29, 1.82) is 0 Å². The molecule has 0 saturated carbocycles. The van der Waals surface area contributed by atoms with Crippen LogP contribution in [-0.4, -0.2) is 47.1 Å². The van der Waals surface area contributed by atoms with E-state index < -0.39 is 12.3 Å². The van der Waals surface area contributed by atoms with Crippen LogP contribution >= 0.6 is 11.6 Å². The third kappa shape index (κ3) is 7.52. The zero-order valence-electron chi connectivity index (χ0n) is 18.7. The third-order valence-electron chi connectivity index (χ3n) is 4.76. The molecule has 3 aromatic rings. The highest BCUT2D eigenvalue weighted by molar-refractivity contribution is 6.30. The van der Waals surface area contributed by atoms with Crippen LogP contribution in [0.15, 0.2) is 48.5 Å². The number of carbonyl (C=O) groups excluding carboxylic acids is 1. The molecule has 0 aliphatic carbocycles. The van der Waals surface area contributed by atoms with Crippen LogP contribution in [0.25, 0.3) is 0 Å². The van der Waals surface area contributed by atoms with Crippen LogP contribution in [0.2, 0.25) is 5.02 Å². The fraction of sp³-hybridized carbons (Fsp3) is 0.304. The van der Waals surface area contributed by atoms with Crippen LogP contribution in [0.5, 0.6) is 11.8 Å². The topological polar surface area (TPSA) is 97.6 Å². The maximum atomic E-state index is 12.9. The average Bonchev–Trinajstić information content (AvgIpc) is 3.15. The van der Waals surface area contributed by atoms with E-state index in [1.54, 1.807) is 41.9 Å². The zero-order valence-corrected chi connectivity index (χ0v) is 19.5. The molecule has 8 nitrogen and oxygen atoms in total. The predicted octanol–water partition coefficient (Wildman–Crippen LogP) is 4.22. The molecule has 3 N–H and O–H groups in total. The molecule has 188 valence electrons. The van der Waals surface area contributed by atoms with E-state index in [4.69, 9.17) is 21.4 Å². The smallest absolute Gasteiger partial charge is 0.460 e. The molecule has 1 amide bonds. The Bertz CT molecular complexity index is 1140. The highest BCUT2D eigenvalue weighted by atomic mass is 35.5. The molecular formula is C23H24ClF3N4O4. The van der Waals surface area contributed by atoms with Gasteiger partial charge in [-0.1, -0.05) is 35.9 Å². The lowest BCUT2D eigenvalue weighted by Crippen LogP contribution is -2.28. The number of amides is 1. The van der Waals surface area contributed by atoms with Gasteiger partial charge in [0.25, 0.3) is 11.9 Å². The van der Waals surface area contributed by atoms with E-state index in [2.05, 4.69) is 20.4 Å². The lowest BCUT2D eigenvalue weighted by molar-refractivity contribution is -0.274. The van der Waals surface area contributed by atoms with Gasteiger partial charge in [0.2, 0.25) is 0 Å². The molecule has 2 aromatic carbocycles. The van der Waals surface area contributed by atoms with Crippen molar-refractivity contribution >= 4 is 23.3 Å². The van der Waals surface area contributed by atoms with Gasteiger partial charge in [0, 0.05) is 25.2 Å². The van der Waals surface area contributed by atoms with Gasteiger partial charge in [-0.25, -0.2) is 0 Å². The minimum atomic E-state index is -4.81. The van der Waals surface area contributed by atoms with Crippen molar-refractivity contribution in [2.24, 2.45) is 0 Å². The lowest BCUT2D eigenvalue weighted by atomic mass is 10.2. The number of imidazole rings is 1. The number of aliphatic hydroxyl groups is 1. The molecule has 0 spiro atoms. The van der Waals surface area contributed by atoms with Gasteiger partial charge in [-0.2, -0.15) is 4.98 Å². The maximum Gasteiger partial charge on any atom is 0.573 e. The SMILES string of the molecule is CNc1nc(OCc2cccc(OC(F)(F)F)c2)n(Cc2ccc(Cl)cc2)c1C(=O)NCCCO. The fourth-order valence-electron chi connectivity index (χ4n) is 3.21. The number of aliphatic hydroxyl groups excluding tert-OH is 1. The number of nitrogens with one attached hydrogen (secondary N) is 2. The number of nitrogens with zero attached hydrogens (tertiary/aromatic N) is 2. The second kappa shape index (κ2) is 11.8. The number of carbonyl (C=O) groups is 1. The monoisotopic (exact) mass is 512 g/mol. The number of benzene rings is 2. The van der Waals surface area contributed by atoms with Gasteiger partial charge < -0.3 is 25.2 Å². The molecule has 0 bridgehead atoms. The number of hydrogen-bond acceptors (Lipinski definition) is 6. The van der Waals surface area contributed by atoms with Gasteiger partial charge >= 0.3 is 6.36 Å². The predicted molar refractivity (Wildman–Crippen MR) is 124 cm³/mol. The van der Waals surface area contributed by atoms with Crippen LogP contribution in [-0.2, 0) is 13.2 Å². The highest BCUT2D eigenvalue weighted by Crippen LogP contribution is 2.27. The van der Waals surface area contributed by atoms with Crippen molar-refractivity contribution in [3.05, 3.63) is 70.4 Å². The van der Waals surface area contributed by atoms with Gasteiger partial charge in [0.15, 0.2) is 11.5 Å². The first-order chi connectivity index (χ1) is 16.7. The van der Waals surface area contributed by atoms with Crippen molar-refractivity contribution in [2.75, 3.05) is 25.5 Å². The van der Waals surface area contributed by atoms with E-state index in [0.717, 1.165) is 5.56 Å². The summed E-state index contributed by atoms with van der Waals surface area (Å²) in [6.07, 6.45) is -4.43. The molecule has 0 aliphatic rings. The minimum absolute atomic E-state index is 0.0747. The summed E-state index contributed by atoms with van der Waals surface area (Å²) in [5.74, 6) is -0.549. The minimum Gasteiger partial charge on any atom is -0.460 e. The van der Waals surface area contributed by atoms with Gasteiger partial charge in [-0.15, -0.1) is 13.2 Å². The van der Waals surface area contributed by atoms with E-state index in [1.165, 1.54) is 18.2 Å². The van der Waals surface area contributed by atoms with Crippen LogP contribution in [0.3, 0.4) is 0 Å². The van der Waals surface area contributed by atoms with E-state index in [9.17, 15) is 18.0 Å². The fourth-order valence-corrected chi connectivity index (χ4v) is 3.34. The molecule has 1 aromatic heterocycles. The Balaban J connectivity index is 1.90. The maximum absolute atomic E-state index is 12.9. The lowest BCUT2D eigenvalue weighted by Gasteiger charge is -2.14. The number of hydrogen-bond donors (Lipinski definition) is 3. The van der Waals surface area contributed by atoms with E-state index >= 15 is 0 Å². The Morgan fingerprint density at radius 2 is 1.91 bits per heavy atom. The number of halogens is 4. The van der Waals surface area contributed by atoms with Gasteiger partial charge in [-0.3, -0.25) is 9.36 Å². The molecule has 0 aliphatic heterocycles. The first-order valence-corrected chi connectivity index (χ1v) is 11.0. The van der Waals surface area contributed by atoms with Crippen LogP contribution in [0, 0.1) is 0 Å². The van der Waals surface area contributed by atoms with E-state index in [-0.39, 0.29) is 49.6 Å². The molecular weight excluding hydrogens is 489 g/mol. The van der Waals surface area contributed by atoms with Gasteiger partial charge in [0.05, 0.1) is 6.54 Å². The van der Waals surface area contributed by atoms with Crippen LogP contribution < -0.4 is 20.1 Å². The standard InChI is InChI=1S/C23H24ClF3N4O4/c1-28-20-19(21(33)29-10-3-11-32)31(13-15-6-8-17(24)9-7-15)22(30-20)34-14-16-4-2-5-18(12-16)35-23(25,26)27/h2,4-9,12,28,32H,3,10-11,13-14H2,1H3,(H,29,33). The summed E-state index contributed by atoms with van der Waals surface area (Å²) < 4.78 is 49.0. The van der Waals surface area contributed by atoms with Crippen molar-refractivity contribution < 1.29 is 32.5 Å². The van der Waals surface area contributed by atoms with E-state index in [0.29, 0.717) is 17.0 Å². The molecule has 0 radical (unpaired) electrons. The first kappa shape index (κ1) is 26.2. The van der Waals surface area contributed by atoms with Crippen molar-refractivity contribution in [3.8, 4) is 11.8 Å². The number of aromatic nitrogens is 2. The molecule has 12 heteroatoms. The summed E-state index contributed by atoms with van der Waals surface area (Å²) >= 11 is 5.98. The van der Waals surface area contributed by atoms with Crippen molar-refractivity contribution in [2.45, 2.75) is 25.9 Å². The van der Waals surface area contributed by atoms with Gasteiger partial charge in [-0.05, 0) is 41.8 Å². The second-order valence-electron chi connectivity index (χ2n) is 7.37. The molecule has 35 heavy (non-hydrogen) atoms. The summed E-state index contributed by atoms with van der Waals surface area (Å²) in [6.45, 7) is 0.268. The summed E-state index contributed by atoms with van der Waals surface area (Å²) in [6, 6.07) is 12.5. The molecule has 1 heterocycles. The molecule has 0 fully saturated rings. The van der Waals surface area contributed by atoms with Crippen molar-refractivity contribution in [1.82, 2.24) is 14.9 Å². The Kier molecular flexibility index (Phi) is 8.83. The summed E-state index contributed by atoms with van der Waals surface area (Å²) in [5.41, 5.74) is 1.42. The highest BCUT2D eigenvalue weighted by Gasteiger charge is 2.31. The quantitative estimate of drug-likeness (QED) is 0.333. The second-order valence-corrected chi connectivity index (χ2v) is 7.81. The van der Waals surface area contributed by atoms with Crippen LogP contribution in [0.1, 0.15) is 28.0 Å². The summed E-state index contributed by atoms with van der Waals surface area (Å²) in [4.78, 5) is 17.3. The number of ether oxygens (including phenoxy) is 2. The molecule has 0 unspecified atom stereocenters. The normalized spacial score (nSPS) is 11.3. The zero-order chi connectivity index (χ0) is 25.4. The Morgan fingerprint density at radius 1 is 1.17 bits per heavy atom.